The van der Waals surface area contributed by atoms with Crippen LogP contribution < -0.4 is 20.9 Å². The summed E-state index contributed by atoms with van der Waals surface area (Å²) in [6.45, 7) is 3.91. The van der Waals surface area contributed by atoms with Crippen molar-refractivity contribution >= 4 is 27.1 Å². The fraction of sp³-hybridized carbons (Fsp3) is 0.639. The van der Waals surface area contributed by atoms with Crippen molar-refractivity contribution in [3.8, 4) is 0 Å². The second-order valence-corrected chi connectivity index (χ2v) is 15.5. The van der Waals surface area contributed by atoms with Gasteiger partial charge in [0.25, 0.3) is 0 Å². The third-order valence-electron chi connectivity index (χ3n) is 9.28. The first-order valence-electron chi connectivity index (χ1n) is 17.5. The van der Waals surface area contributed by atoms with Crippen molar-refractivity contribution in [1.82, 2.24) is 10.6 Å². The molecule has 49 heavy (non-hydrogen) atoms. The van der Waals surface area contributed by atoms with E-state index in [1.807, 2.05) is 55.4 Å². The Morgan fingerprint density at radius 3 is 2.27 bits per heavy atom. The molecule has 2 aromatic rings. The zero-order chi connectivity index (χ0) is 36.2. The SMILES string of the molecule is CCCCC1(CCCC)CS(=O)(=O)c2ccc(N(C)C)cc2[C@@H](c2cccc(NC(=O)CCCCNC[C@H](O)[C@@H](O)[C@H](O)[C@H](O)CO)c2)N1. The van der Waals surface area contributed by atoms with Crippen molar-refractivity contribution in [3.05, 3.63) is 53.6 Å². The lowest BCUT2D eigenvalue weighted by molar-refractivity contribution is -0.116. The number of carbonyl (C=O) groups is 1. The van der Waals surface area contributed by atoms with Crippen LogP contribution in [0.2, 0.25) is 0 Å². The Labute approximate surface area is 291 Å². The van der Waals surface area contributed by atoms with Crippen molar-refractivity contribution in [2.24, 2.45) is 0 Å². The fourth-order valence-electron chi connectivity index (χ4n) is 6.39. The van der Waals surface area contributed by atoms with Crippen molar-refractivity contribution in [2.75, 3.05) is 49.8 Å². The smallest absolute Gasteiger partial charge is 0.224 e. The molecule has 12 nitrogen and oxygen atoms in total. The molecule has 0 spiro atoms. The number of rotatable bonds is 20. The molecule has 0 aliphatic carbocycles. The van der Waals surface area contributed by atoms with Crippen LogP contribution in [0.25, 0.3) is 0 Å². The number of unbranched alkanes of at least 4 members (excludes halogenated alkanes) is 3. The molecule has 1 amide bonds. The maximum atomic E-state index is 14.0. The van der Waals surface area contributed by atoms with Gasteiger partial charge in [0, 0.05) is 44.0 Å². The summed E-state index contributed by atoms with van der Waals surface area (Å²) >= 11 is 0. The highest BCUT2D eigenvalue weighted by Gasteiger charge is 2.42. The minimum absolute atomic E-state index is 0.0322. The van der Waals surface area contributed by atoms with Crippen LogP contribution in [0.15, 0.2) is 47.4 Å². The first kappa shape index (κ1) is 40.8. The number of sulfone groups is 1. The Morgan fingerprint density at radius 1 is 0.959 bits per heavy atom. The summed E-state index contributed by atoms with van der Waals surface area (Å²) in [6.07, 6.45) is 0.443. The lowest BCUT2D eigenvalue weighted by Gasteiger charge is -2.37. The molecule has 0 unspecified atom stereocenters. The number of amides is 1. The molecule has 0 saturated heterocycles. The van der Waals surface area contributed by atoms with Gasteiger partial charge in [0.15, 0.2) is 9.84 Å². The molecule has 5 atom stereocenters. The van der Waals surface area contributed by atoms with Gasteiger partial charge in [-0.1, -0.05) is 51.7 Å². The van der Waals surface area contributed by atoms with E-state index >= 15 is 0 Å². The Hall–Kier alpha value is -2.62. The highest BCUT2D eigenvalue weighted by atomic mass is 32.2. The van der Waals surface area contributed by atoms with Crippen LogP contribution in [0.1, 0.15) is 88.8 Å². The number of hydrogen-bond donors (Lipinski definition) is 8. The van der Waals surface area contributed by atoms with Gasteiger partial charge in [0.2, 0.25) is 5.91 Å². The summed E-state index contributed by atoms with van der Waals surface area (Å²) in [5.74, 6) is -0.134. The van der Waals surface area contributed by atoms with E-state index in [4.69, 9.17) is 5.11 Å². The number of nitrogens with zero attached hydrogens (tertiary/aromatic N) is 1. The maximum absolute atomic E-state index is 14.0. The van der Waals surface area contributed by atoms with Crippen LogP contribution in [0.5, 0.6) is 0 Å². The Balaban J connectivity index is 1.74. The van der Waals surface area contributed by atoms with Crippen molar-refractivity contribution in [1.29, 1.82) is 0 Å². The summed E-state index contributed by atoms with van der Waals surface area (Å²) in [7, 11) is 0.255. The summed E-state index contributed by atoms with van der Waals surface area (Å²) in [4.78, 5) is 15.2. The van der Waals surface area contributed by atoms with Crippen molar-refractivity contribution in [2.45, 2.75) is 113 Å². The Kier molecular flexibility index (Phi) is 15.9. The monoisotopic (exact) mass is 706 g/mol. The van der Waals surface area contributed by atoms with Gasteiger partial charge in [0.1, 0.15) is 18.3 Å². The van der Waals surface area contributed by atoms with E-state index in [9.17, 15) is 33.6 Å². The minimum atomic E-state index is -3.61. The van der Waals surface area contributed by atoms with Gasteiger partial charge in [-0.3, -0.25) is 10.1 Å². The van der Waals surface area contributed by atoms with Gasteiger partial charge in [-0.25, -0.2) is 8.42 Å². The second kappa shape index (κ2) is 19.1. The summed E-state index contributed by atoms with van der Waals surface area (Å²) in [5, 5.41) is 57.9. The predicted molar refractivity (Wildman–Crippen MR) is 192 cm³/mol. The number of nitrogens with one attached hydrogen (secondary N) is 3. The molecule has 2 aromatic carbocycles. The molecule has 276 valence electrons. The zero-order valence-electron chi connectivity index (χ0n) is 29.4. The normalized spacial score (nSPS) is 19.2. The Bertz CT molecular complexity index is 1430. The van der Waals surface area contributed by atoms with Crippen LogP contribution in [0, 0.1) is 0 Å². The number of carbonyl (C=O) groups excluding carboxylic acids is 1. The van der Waals surface area contributed by atoms with Crippen LogP contribution in [0.3, 0.4) is 0 Å². The van der Waals surface area contributed by atoms with Gasteiger partial charge in [-0.2, -0.15) is 0 Å². The van der Waals surface area contributed by atoms with E-state index in [0.717, 1.165) is 49.8 Å². The second-order valence-electron chi connectivity index (χ2n) is 13.6. The zero-order valence-corrected chi connectivity index (χ0v) is 30.3. The minimum Gasteiger partial charge on any atom is -0.394 e. The molecule has 3 rings (SSSR count). The fourth-order valence-corrected chi connectivity index (χ4v) is 8.45. The van der Waals surface area contributed by atoms with Gasteiger partial charge >= 0.3 is 0 Å². The standard InChI is InChI=1S/C36H58N4O8S/c1-5-7-17-36(18-8-6-2)24-49(47,48)31-16-15-27(40(3)4)21-28(31)33(39-36)25-12-11-13-26(20-25)38-32(44)14-9-10-19-37-22-29(42)34(45)35(46)30(43)23-41/h11-13,15-16,20-21,29-30,33-35,37,39,41-43,45-46H,5-10,14,17-19,22-24H2,1-4H3,(H,38,44)/t29-,30+,33+,34+,35+/m0/s1. The summed E-state index contributed by atoms with van der Waals surface area (Å²) in [6, 6.07) is 12.7. The summed E-state index contributed by atoms with van der Waals surface area (Å²) < 4.78 is 28.1. The number of fused-ring (bicyclic) bond motifs is 1. The first-order valence-corrected chi connectivity index (χ1v) is 19.2. The number of aliphatic hydroxyl groups is 5. The molecule has 1 aliphatic rings. The maximum Gasteiger partial charge on any atom is 0.224 e. The van der Waals surface area contributed by atoms with E-state index < -0.39 is 52.4 Å². The molecule has 0 fully saturated rings. The van der Waals surface area contributed by atoms with E-state index in [0.29, 0.717) is 35.5 Å². The topological polar surface area (TPSA) is 192 Å². The molecule has 0 aromatic heterocycles. The van der Waals surface area contributed by atoms with Crippen LogP contribution >= 0.6 is 0 Å². The molecule has 8 N–H and O–H groups in total. The highest BCUT2D eigenvalue weighted by molar-refractivity contribution is 7.91. The summed E-state index contributed by atoms with van der Waals surface area (Å²) in [5.41, 5.74) is 2.49. The third-order valence-corrected chi connectivity index (χ3v) is 11.3. The molecular formula is C36H58N4O8S. The van der Waals surface area contributed by atoms with E-state index in [-0.39, 0.29) is 24.6 Å². The van der Waals surface area contributed by atoms with E-state index in [1.165, 1.54) is 0 Å². The number of anilines is 2. The van der Waals surface area contributed by atoms with Crippen LogP contribution in [0.4, 0.5) is 11.4 Å². The van der Waals surface area contributed by atoms with Crippen LogP contribution in [-0.4, -0.2) is 109 Å². The molecule has 1 heterocycles. The van der Waals surface area contributed by atoms with Gasteiger partial charge in [-0.05, 0) is 73.7 Å². The average Bonchev–Trinajstić information content (AvgIpc) is 3.18. The molecular weight excluding hydrogens is 648 g/mol. The van der Waals surface area contributed by atoms with Crippen molar-refractivity contribution in [3.63, 3.8) is 0 Å². The Morgan fingerprint density at radius 2 is 1.63 bits per heavy atom. The van der Waals surface area contributed by atoms with Gasteiger partial charge in [-0.15, -0.1) is 0 Å². The number of benzene rings is 2. The number of hydrogen-bond acceptors (Lipinski definition) is 11. The van der Waals surface area contributed by atoms with E-state index in [1.54, 1.807) is 6.07 Å². The lowest BCUT2D eigenvalue weighted by Crippen LogP contribution is -2.50. The molecule has 0 saturated carbocycles. The number of aliphatic hydroxyl groups excluding tert-OH is 5. The van der Waals surface area contributed by atoms with Crippen LogP contribution in [-0.2, 0) is 14.6 Å². The van der Waals surface area contributed by atoms with Crippen molar-refractivity contribution < 1.29 is 38.7 Å². The molecule has 13 heteroatoms. The lowest BCUT2D eigenvalue weighted by atomic mass is 9.86. The third kappa shape index (κ3) is 11.4. The predicted octanol–water partition coefficient (Wildman–Crippen LogP) is 2.47. The molecule has 0 bridgehead atoms. The molecule has 1 aliphatic heterocycles. The quantitative estimate of drug-likeness (QED) is 0.0944. The van der Waals surface area contributed by atoms with E-state index in [2.05, 4.69) is 29.8 Å². The first-order chi connectivity index (χ1) is 23.3. The average molecular weight is 707 g/mol. The molecule has 0 radical (unpaired) electrons. The van der Waals surface area contributed by atoms with Gasteiger partial charge in [0.05, 0.1) is 29.4 Å². The largest absolute Gasteiger partial charge is 0.394 e. The highest BCUT2D eigenvalue weighted by Crippen LogP contribution is 2.40. The van der Waals surface area contributed by atoms with Gasteiger partial charge < -0.3 is 41.1 Å².